The zero-order valence-corrected chi connectivity index (χ0v) is 18.0. The number of carbonyl (C=O) groups excluding carboxylic acids is 2. The zero-order valence-electron chi connectivity index (χ0n) is 18.0. The second-order valence-electron chi connectivity index (χ2n) is 9.96. The van der Waals surface area contributed by atoms with Crippen LogP contribution in [0.2, 0.25) is 0 Å². The third-order valence-corrected chi connectivity index (χ3v) is 8.32. The van der Waals surface area contributed by atoms with Crippen LogP contribution in [0, 0.1) is 23.2 Å². The molecule has 29 heavy (non-hydrogen) atoms. The largest absolute Gasteiger partial charge is 0.433 e. The minimum Gasteiger partial charge on any atom is -0.433 e. The van der Waals surface area contributed by atoms with Gasteiger partial charge in [-0.25, -0.2) is 4.79 Å². The Kier molecular flexibility index (Phi) is 4.87. The molecule has 2 bridgehead atoms. The number of fused-ring (bicyclic) bond motifs is 5. The number of ketones is 1. The average molecular weight is 408 g/mol. The van der Waals surface area contributed by atoms with E-state index in [1.807, 2.05) is 13.8 Å². The van der Waals surface area contributed by atoms with Crippen molar-refractivity contribution in [3.8, 4) is 0 Å². The first kappa shape index (κ1) is 20.8. The first-order valence-corrected chi connectivity index (χ1v) is 10.6. The number of allylic oxidation sites excluding steroid dienone is 1. The summed E-state index contributed by atoms with van der Waals surface area (Å²) in [7, 11) is 3.15. The molecule has 1 aliphatic heterocycles. The van der Waals surface area contributed by atoms with Gasteiger partial charge in [0.1, 0.15) is 0 Å². The van der Waals surface area contributed by atoms with Crippen molar-refractivity contribution in [1.82, 2.24) is 4.90 Å². The van der Waals surface area contributed by atoms with Gasteiger partial charge < -0.3 is 24.6 Å². The van der Waals surface area contributed by atoms with Crippen molar-refractivity contribution in [3.63, 3.8) is 0 Å². The number of hydrogen-bond acceptors (Lipinski definition) is 6. The Balaban J connectivity index is 1.85. The van der Waals surface area contributed by atoms with E-state index in [2.05, 4.69) is 0 Å². The van der Waals surface area contributed by atoms with Crippen LogP contribution in [0.4, 0.5) is 4.79 Å². The van der Waals surface area contributed by atoms with Crippen LogP contribution < -0.4 is 0 Å². The smallest absolute Gasteiger partial charge is 0.410 e. The predicted octanol–water partition coefficient (Wildman–Crippen LogP) is 1.91. The highest BCUT2D eigenvalue weighted by molar-refractivity contribution is 5.94. The van der Waals surface area contributed by atoms with Crippen molar-refractivity contribution in [2.75, 3.05) is 20.7 Å². The Morgan fingerprint density at radius 3 is 2.62 bits per heavy atom. The van der Waals surface area contributed by atoms with Crippen LogP contribution in [0.3, 0.4) is 0 Å². The lowest BCUT2D eigenvalue weighted by atomic mass is 9.50. The molecule has 7 heteroatoms. The van der Waals surface area contributed by atoms with Gasteiger partial charge >= 0.3 is 6.09 Å². The summed E-state index contributed by atoms with van der Waals surface area (Å²) in [6.45, 7) is 6.21. The highest BCUT2D eigenvalue weighted by atomic mass is 16.6. The minimum absolute atomic E-state index is 0.0719. The van der Waals surface area contributed by atoms with Crippen LogP contribution in [0.5, 0.6) is 0 Å². The Morgan fingerprint density at radius 1 is 1.34 bits per heavy atom. The van der Waals surface area contributed by atoms with Crippen molar-refractivity contribution in [3.05, 3.63) is 11.1 Å². The van der Waals surface area contributed by atoms with Gasteiger partial charge in [0.15, 0.2) is 11.9 Å². The standard InChI is InChI=1S/C22H33NO6/c1-11-6-7-22(27)9-14-13-10-28-15(13)8-16(24)21(14,3)19(25)18(17(11)12(22)2)29-20(26)23(4)5/h12-16,18,24,27H,6-10H2,1-5H3/t12?,13?,14?,15?,16?,18-,21?,22?/m1/s1. The average Bonchev–Trinajstić information content (AvgIpc) is 2.64. The third-order valence-electron chi connectivity index (χ3n) is 8.32. The normalized spacial score (nSPS) is 46.7. The van der Waals surface area contributed by atoms with Crippen molar-refractivity contribution in [1.29, 1.82) is 0 Å². The number of Topliss-reactive ketones (excluding diaryl/α,β-unsaturated/α-hetero) is 1. The fourth-order valence-corrected chi connectivity index (χ4v) is 6.11. The van der Waals surface area contributed by atoms with E-state index in [1.165, 1.54) is 4.90 Å². The predicted molar refractivity (Wildman–Crippen MR) is 105 cm³/mol. The summed E-state index contributed by atoms with van der Waals surface area (Å²) in [5, 5.41) is 22.8. The van der Waals surface area contributed by atoms with Gasteiger partial charge in [-0.1, -0.05) is 12.5 Å². The van der Waals surface area contributed by atoms with Crippen LogP contribution in [0.25, 0.3) is 0 Å². The summed E-state index contributed by atoms with van der Waals surface area (Å²) in [5.41, 5.74) is -0.400. The van der Waals surface area contributed by atoms with Gasteiger partial charge in [-0.2, -0.15) is 0 Å². The second kappa shape index (κ2) is 6.79. The lowest BCUT2D eigenvalue weighted by Gasteiger charge is -2.60. The highest BCUT2D eigenvalue weighted by Gasteiger charge is 2.64. The quantitative estimate of drug-likeness (QED) is 0.645. The summed E-state index contributed by atoms with van der Waals surface area (Å²) >= 11 is 0. The Morgan fingerprint density at radius 2 is 2.03 bits per heavy atom. The molecule has 1 saturated heterocycles. The molecular formula is C22H33NO6. The maximum Gasteiger partial charge on any atom is 0.410 e. The van der Waals surface area contributed by atoms with E-state index in [4.69, 9.17) is 9.47 Å². The molecule has 1 heterocycles. The molecule has 7 nitrogen and oxygen atoms in total. The van der Waals surface area contributed by atoms with Gasteiger partial charge in [-0.05, 0) is 44.6 Å². The van der Waals surface area contributed by atoms with E-state index in [0.29, 0.717) is 37.9 Å². The minimum atomic E-state index is -1.10. The molecule has 3 aliphatic carbocycles. The van der Waals surface area contributed by atoms with E-state index in [1.54, 1.807) is 21.0 Å². The van der Waals surface area contributed by atoms with Crippen molar-refractivity contribution in [2.24, 2.45) is 23.2 Å². The first-order chi connectivity index (χ1) is 13.5. The number of aliphatic hydroxyl groups excluding tert-OH is 1. The van der Waals surface area contributed by atoms with Gasteiger partial charge in [0, 0.05) is 32.4 Å². The van der Waals surface area contributed by atoms with Crippen LogP contribution in [0.1, 0.15) is 46.5 Å². The van der Waals surface area contributed by atoms with E-state index in [0.717, 1.165) is 5.57 Å². The van der Waals surface area contributed by atoms with Gasteiger partial charge in [0.2, 0.25) is 0 Å². The molecule has 8 atom stereocenters. The van der Waals surface area contributed by atoms with Gasteiger partial charge in [-0.3, -0.25) is 4.79 Å². The maximum absolute atomic E-state index is 14.0. The van der Waals surface area contributed by atoms with Crippen LogP contribution >= 0.6 is 0 Å². The molecular weight excluding hydrogens is 374 g/mol. The number of carbonyl (C=O) groups is 2. The number of amides is 1. The molecule has 4 aliphatic rings. The number of ether oxygens (including phenoxy) is 2. The van der Waals surface area contributed by atoms with Crippen LogP contribution in [-0.4, -0.2) is 71.6 Å². The van der Waals surface area contributed by atoms with Crippen LogP contribution in [0.15, 0.2) is 11.1 Å². The zero-order chi connectivity index (χ0) is 21.3. The molecule has 2 saturated carbocycles. The first-order valence-electron chi connectivity index (χ1n) is 10.6. The van der Waals surface area contributed by atoms with E-state index in [9.17, 15) is 19.8 Å². The number of hydrogen-bond donors (Lipinski definition) is 2. The third kappa shape index (κ3) is 2.88. The molecule has 1 amide bonds. The number of nitrogens with zero attached hydrogens (tertiary/aromatic N) is 1. The lowest BCUT2D eigenvalue weighted by molar-refractivity contribution is -0.237. The summed E-state index contributed by atoms with van der Waals surface area (Å²) in [4.78, 5) is 27.7. The van der Waals surface area contributed by atoms with Crippen molar-refractivity contribution >= 4 is 11.9 Å². The van der Waals surface area contributed by atoms with Gasteiger partial charge in [0.05, 0.1) is 29.8 Å². The Labute approximate surface area is 172 Å². The summed E-state index contributed by atoms with van der Waals surface area (Å²) in [6.07, 6.45) is -0.554. The van der Waals surface area contributed by atoms with Crippen LogP contribution in [-0.2, 0) is 14.3 Å². The fraction of sp³-hybridized carbons (Fsp3) is 0.818. The molecule has 0 aromatic heterocycles. The topological polar surface area (TPSA) is 96.3 Å². The van der Waals surface area contributed by atoms with Crippen molar-refractivity contribution in [2.45, 2.75) is 70.4 Å². The molecule has 0 radical (unpaired) electrons. The number of rotatable bonds is 1. The number of aliphatic hydroxyl groups is 2. The summed E-state index contributed by atoms with van der Waals surface area (Å²) < 4.78 is 11.4. The second-order valence-corrected chi connectivity index (χ2v) is 9.96. The summed E-state index contributed by atoms with van der Waals surface area (Å²) in [6, 6.07) is 0. The summed E-state index contributed by atoms with van der Waals surface area (Å²) in [5.74, 6) is -0.642. The molecule has 162 valence electrons. The monoisotopic (exact) mass is 407 g/mol. The Hall–Kier alpha value is -1.44. The van der Waals surface area contributed by atoms with Gasteiger partial charge in [-0.15, -0.1) is 0 Å². The Bertz CT molecular complexity index is 762. The fourth-order valence-electron chi connectivity index (χ4n) is 6.11. The molecule has 2 N–H and O–H groups in total. The molecule has 0 aromatic rings. The van der Waals surface area contributed by atoms with Gasteiger partial charge in [0.25, 0.3) is 0 Å². The van der Waals surface area contributed by atoms with E-state index < -0.39 is 29.3 Å². The highest BCUT2D eigenvalue weighted by Crippen LogP contribution is 2.58. The lowest BCUT2D eigenvalue weighted by Crippen LogP contribution is -2.67. The van der Waals surface area contributed by atoms with E-state index in [-0.39, 0.29) is 29.6 Å². The maximum atomic E-state index is 14.0. The molecule has 7 unspecified atom stereocenters. The SMILES string of the molecule is CC1=C2C(C)C(O)(CC1)CC1C3COC3CC(O)C1(C)C(=O)[C@@H]2OC(=O)N(C)C. The van der Waals surface area contributed by atoms with Crippen molar-refractivity contribution < 1.29 is 29.3 Å². The molecule has 3 fully saturated rings. The van der Waals surface area contributed by atoms with E-state index >= 15 is 0 Å². The molecule has 0 aromatic carbocycles. The molecule has 0 spiro atoms. The molecule has 4 rings (SSSR count).